The van der Waals surface area contributed by atoms with Gasteiger partial charge in [0.1, 0.15) is 12.1 Å². The molecule has 0 aliphatic rings. The van der Waals surface area contributed by atoms with Crippen molar-refractivity contribution in [3.63, 3.8) is 0 Å². The van der Waals surface area contributed by atoms with Gasteiger partial charge >= 0.3 is 0 Å². The molecule has 0 radical (unpaired) electrons. The zero-order chi connectivity index (χ0) is 13.2. The maximum absolute atomic E-state index is 12.4. The van der Waals surface area contributed by atoms with E-state index in [0.29, 0.717) is 17.7 Å². The van der Waals surface area contributed by atoms with E-state index in [-0.39, 0.29) is 5.56 Å². The molecule has 2 aromatic heterocycles. The van der Waals surface area contributed by atoms with Crippen molar-refractivity contribution in [1.29, 1.82) is 0 Å². The molecule has 0 unspecified atom stereocenters. The first-order valence-corrected chi connectivity index (χ1v) is 5.88. The van der Waals surface area contributed by atoms with Crippen molar-refractivity contribution in [2.45, 2.75) is 6.54 Å². The number of rotatable bonds is 2. The van der Waals surface area contributed by atoms with E-state index < -0.39 is 0 Å². The average molecular weight is 252 g/mol. The lowest BCUT2D eigenvalue weighted by atomic mass is 10.1. The van der Waals surface area contributed by atoms with Crippen molar-refractivity contribution in [3.8, 4) is 0 Å². The van der Waals surface area contributed by atoms with Gasteiger partial charge in [-0.15, -0.1) is 0 Å². The smallest absolute Gasteiger partial charge is 0.260 e. The van der Waals surface area contributed by atoms with Crippen molar-refractivity contribution in [1.82, 2.24) is 14.5 Å². The van der Waals surface area contributed by atoms with Crippen molar-refractivity contribution in [2.24, 2.45) is 0 Å². The molecule has 94 valence electrons. The van der Waals surface area contributed by atoms with Gasteiger partial charge in [0.25, 0.3) is 5.56 Å². The molecule has 5 heteroatoms. The van der Waals surface area contributed by atoms with Gasteiger partial charge in [-0.1, -0.05) is 18.2 Å². The fourth-order valence-corrected chi connectivity index (χ4v) is 2.05. The van der Waals surface area contributed by atoms with Gasteiger partial charge in [-0.25, -0.2) is 9.97 Å². The number of benzene rings is 1. The highest BCUT2D eigenvalue weighted by atomic mass is 16.1. The summed E-state index contributed by atoms with van der Waals surface area (Å²) in [5.74, 6) is 0.433. The molecule has 0 spiro atoms. The first-order chi connectivity index (χ1) is 9.25. The van der Waals surface area contributed by atoms with Crippen LogP contribution in [0.1, 0.15) is 5.69 Å². The summed E-state index contributed by atoms with van der Waals surface area (Å²) in [5, 5.41) is 1.51. The summed E-state index contributed by atoms with van der Waals surface area (Å²) in [6.45, 7) is 0.345. The van der Waals surface area contributed by atoms with Gasteiger partial charge < -0.3 is 5.73 Å². The van der Waals surface area contributed by atoms with E-state index in [1.807, 2.05) is 18.2 Å². The van der Waals surface area contributed by atoms with Crippen LogP contribution in [0.4, 0.5) is 5.82 Å². The number of nitrogens with two attached hydrogens (primary N) is 1. The molecule has 0 bridgehead atoms. The number of pyridine rings is 1. The van der Waals surface area contributed by atoms with E-state index in [1.165, 1.54) is 10.9 Å². The van der Waals surface area contributed by atoms with Gasteiger partial charge in [-0.3, -0.25) is 9.36 Å². The van der Waals surface area contributed by atoms with E-state index >= 15 is 0 Å². The quantitative estimate of drug-likeness (QED) is 0.748. The molecule has 3 aromatic rings. The van der Waals surface area contributed by atoms with Crippen molar-refractivity contribution < 1.29 is 0 Å². The molecule has 19 heavy (non-hydrogen) atoms. The van der Waals surface area contributed by atoms with Crippen molar-refractivity contribution in [2.75, 3.05) is 5.73 Å². The number of aromatic nitrogens is 3. The Hall–Kier alpha value is -2.69. The normalized spacial score (nSPS) is 10.7. The van der Waals surface area contributed by atoms with Crippen LogP contribution in [0.25, 0.3) is 10.8 Å². The standard InChI is InChI=1S/C14H12N4O/c15-13-7-10-3-1-2-4-12(10)14(19)18(13)8-11-5-6-16-9-17-11/h1-7,9H,8,15H2. The maximum Gasteiger partial charge on any atom is 0.260 e. The summed E-state index contributed by atoms with van der Waals surface area (Å²) in [4.78, 5) is 20.4. The minimum Gasteiger partial charge on any atom is -0.385 e. The molecule has 0 aliphatic carbocycles. The summed E-state index contributed by atoms with van der Waals surface area (Å²) in [6.07, 6.45) is 3.10. The predicted molar refractivity (Wildman–Crippen MR) is 73.8 cm³/mol. The van der Waals surface area contributed by atoms with Crippen LogP contribution < -0.4 is 11.3 Å². The Morgan fingerprint density at radius 2 is 2.05 bits per heavy atom. The second-order valence-corrected chi connectivity index (χ2v) is 4.25. The van der Waals surface area contributed by atoms with Crippen LogP contribution in [0, 0.1) is 0 Å². The lowest BCUT2D eigenvalue weighted by Crippen LogP contribution is -2.24. The number of nitrogen functional groups attached to an aromatic ring is 1. The highest BCUT2D eigenvalue weighted by Crippen LogP contribution is 2.13. The molecule has 3 rings (SSSR count). The van der Waals surface area contributed by atoms with Gasteiger partial charge in [-0.2, -0.15) is 0 Å². The van der Waals surface area contributed by atoms with Crippen LogP contribution in [0.2, 0.25) is 0 Å². The monoisotopic (exact) mass is 252 g/mol. The zero-order valence-corrected chi connectivity index (χ0v) is 10.2. The van der Waals surface area contributed by atoms with E-state index in [2.05, 4.69) is 9.97 Å². The largest absolute Gasteiger partial charge is 0.385 e. The minimum absolute atomic E-state index is 0.103. The maximum atomic E-state index is 12.4. The Morgan fingerprint density at radius 1 is 1.21 bits per heavy atom. The molecular formula is C14H12N4O. The fraction of sp³-hybridized carbons (Fsp3) is 0.0714. The predicted octanol–water partition coefficient (Wildman–Crippen LogP) is 1.42. The third-order valence-corrected chi connectivity index (χ3v) is 3.01. The van der Waals surface area contributed by atoms with Gasteiger partial charge in [0, 0.05) is 11.6 Å². The van der Waals surface area contributed by atoms with Crippen LogP contribution in [0.3, 0.4) is 0 Å². The highest BCUT2D eigenvalue weighted by molar-refractivity contribution is 5.83. The number of anilines is 1. The molecule has 0 atom stereocenters. The molecule has 5 nitrogen and oxygen atoms in total. The van der Waals surface area contributed by atoms with E-state index in [4.69, 9.17) is 5.73 Å². The first-order valence-electron chi connectivity index (χ1n) is 5.88. The second-order valence-electron chi connectivity index (χ2n) is 4.25. The lowest BCUT2D eigenvalue weighted by molar-refractivity contribution is 0.754. The summed E-state index contributed by atoms with van der Waals surface area (Å²) in [5.41, 5.74) is 6.60. The Labute approximate surface area is 109 Å². The average Bonchev–Trinajstić information content (AvgIpc) is 2.45. The Balaban J connectivity index is 2.16. The van der Waals surface area contributed by atoms with Gasteiger partial charge in [0.05, 0.1) is 12.2 Å². The number of hydrogen-bond donors (Lipinski definition) is 1. The minimum atomic E-state index is -0.103. The van der Waals surface area contributed by atoms with Crippen molar-refractivity contribution >= 4 is 16.6 Å². The lowest BCUT2D eigenvalue weighted by Gasteiger charge is -2.10. The molecule has 0 saturated carbocycles. The van der Waals surface area contributed by atoms with Crippen LogP contribution >= 0.6 is 0 Å². The first kappa shape index (κ1) is 11.4. The number of nitrogens with zero attached hydrogens (tertiary/aromatic N) is 3. The zero-order valence-electron chi connectivity index (χ0n) is 10.2. The fourth-order valence-electron chi connectivity index (χ4n) is 2.05. The molecule has 0 saturated heterocycles. The second kappa shape index (κ2) is 4.53. The number of fused-ring (bicyclic) bond motifs is 1. The highest BCUT2D eigenvalue weighted by Gasteiger charge is 2.07. The molecule has 0 amide bonds. The van der Waals surface area contributed by atoms with Crippen LogP contribution in [0.5, 0.6) is 0 Å². The van der Waals surface area contributed by atoms with E-state index in [9.17, 15) is 4.79 Å². The van der Waals surface area contributed by atoms with Crippen LogP contribution in [-0.2, 0) is 6.54 Å². The molecule has 0 aliphatic heterocycles. The summed E-state index contributed by atoms with van der Waals surface area (Å²) >= 11 is 0. The van der Waals surface area contributed by atoms with Crippen LogP contribution in [0.15, 0.2) is 53.7 Å². The molecule has 2 N–H and O–H groups in total. The number of hydrogen-bond acceptors (Lipinski definition) is 4. The van der Waals surface area contributed by atoms with E-state index in [0.717, 1.165) is 11.1 Å². The summed E-state index contributed by atoms with van der Waals surface area (Å²) in [7, 11) is 0. The Bertz CT molecular complexity index is 780. The third kappa shape index (κ3) is 2.06. The van der Waals surface area contributed by atoms with Crippen LogP contribution in [-0.4, -0.2) is 14.5 Å². The summed E-state index contributed by atoms with van der Waals surface area (Å²) < 4.78 is 1.52. The topological polar surface area (TPSA) is 73.8 Å². The van der Waals surface area contributed by atoms with Crippen molar-refractivity contribution in [3.05, 3.63) is 65.0 Å². The molecule has 1 aromatic carbocycles. The Kier molecular flexibility index (Phi) is 2.72. The Morgan fingerprint density at radius 3 is 2.84 bits per heavy atom. The van der Waals surface area contributed by atoms with Gasteiger partial charge in [0.2, 0.25) is 0 Å². The van der Waals surface area contributed by atoms with Gasteiger partial charge in [0.15, 0.2) is 0 Å². The SMILES string of the molecule is Nc1cc2ccccc2c(=O)n1Cc1ccncn1. The van der Waals surface area contributed by atoms with Gasteiger partial charge in [-0.05, 0) is 23.6 Å². The summed E-state index contributed by atoms with van der Waals surface area (Å²) in [6, 6.07) is 11.0. The molecule has 0 fully saturated rings. The molecule has 2 heterocycles. The molecular weight excluding hydrogens is 240 g/mol. The van der Waals surface area contributed by atoms with E-state index in [1.54, 1.807) is 24.4 Å². The third-order valence-electron chi connectivity index (χ3n) is 3.01.